The monoisotopic (exact) mass is 229 g/mol. The zero-order valence-electron chi connectivity index (χ0n) is 8.33. The molecule has 3 nitrogen and oxygen atoms in total. The van der Waals surface area contributed by atoms with Crippen LogP contribution in [0.2, 0.25) is 0 Å². The Morgan fingerprint density at radius 3 is 3.06 bits per heavy atom. The Kier molecular flexibility index (Phi) is 2.27. The lowest BCUT2D eigenvalue weighted by Crippen LogP contribution is -2.37. The minimum Gasteiger partial charge on any atom is -0.427 e. The predicted molar refractivity (Wildman–Crippen MR) is 66.0 cm³/mol. The minimum atomic E-state index is -0.947. The summed E-state index contributed by atoms with van der Waals surface area (Å²) in [6.45, 7) is 0. The van der Waals surface area contributed by atoms with Crippen molar-refractivity contribution in [3.63, 3.8) is 0 Å². The Balaban J connectivity index is 2.10. The highest BCUT2D eigenvalue weighted by molar-refractivity contribution is 7.13. The number of benzene rings is 1. The first-order valence-corrected chi connectivity index (χ1v) is 5.77. The van der Waals surface area contributed by atoms with E-state index < -0.39 is 7.12 Å². The number of hydrogen-bond acceptors (Lipinski definition) is 4. The Labute approximate surface area is 97.1 Å². The van der Waals surface area contributed by atoms with Gasteiger partial charge in [0.25, 0.3) is 0 Å². The first-order chi connectivity index (χ1) is 7.84. The third kappa shape index (κ3) is 1.54. The molecule has 0 fully saturated rings. The third-order valence-corrected chi connectivity index (χ3v) is 3.43. The van der Waals surface area contributed by atoms with Gasteiger partial charge in [-0.05, 0) is 28.6 Å². The van der Waals surface area contributed by atoms with E-state index in [0.29, 0.717) is 0 Å². The molecule has 1 aliphatic heterocycles. The highest BCUT2D eigenvalue weighted by Crippen LogP contribution is 2.24. The summed E-state index contributed by atoms with van der Waals surface area (Å²) in [5, 5.41) is 15.2. The maximum absolute atomic E-state index is 9.55. The van der Waals surface area contributed by atoms with Crippen LogP contribution in [0.15, 0.2) is 40.9 Å². The van der Waals surface area contributed by atoms with Crippen molar-refractivity contribution >= 4 is 30.1 Å². The number of nitrogens with zero attached hydrogens (tertiary/aromatic N) is 1. The summed E-state index contributed by atoms with van der Waals surface area (Å²) in [5.41, 5.74) is 2.80. The van der Waals surface area contributed by atoms with E-state index in [9.17, 15) is 5.02 Å². The van der Waals surface area contributed by atoms with Gasteiger partial charge >= 0.3 is 7.12 Å². The maximum atomic E-state index is 9.55. The lowest BCUT2D eigenvalue weighted by molar-refractivity contribution is 0.286. The van der Waals surface area contributed by atoms with Crippen LogP contribution in [-0.4, -0.2) is 18.4 Å². The normalized spacial score (nSPS) is 13.4. The number of fused-ring (bicyclic) bond motifs is 1. The molecule has 0 radical (unpaired) electrons. The van der Waals surface area contributed by atoms with E-state index in [2.05, 4.69) is 11.2 Å². The predicted octanol–water partition coefficient (Wildman–Crippen LogP) is 1.47. The van der Waals surface area contributed by atoms with Crippen LogP contribution in [0.3, 0.4) is 0 Å². The SMILES string of the molecule is OB1ON=Cc2cc(-c3cccs3)ccc21. The largest absolute Gasteiger partial charge is 0.583 e. The molecule has 0 atom stereocenters. The van der Waals surface area contributed by atoms with Crippen LogP contribution in [0.25, 0.3) is 10.4 Å². The maximum Gasteiger partial charge on any atom is 0.583 e. The first-order valence-electron chi connectivity index (χ1n) is 4.90. The number of oxime groups is 1. The summed E-state index contributed by atoms with van der Waals surface area (Å²) in [6, 6.07) is 9.96. The van der Waals surface area contributed by atoms with Gasteiger partial charge in [-0.1, -0.05) is 18.2 Å². The standard InChI is InChI=1S/C11H8BNO2S/c14-12-10-4-3-8(11-2-1-5-16-11)6-9(10)7-13-15-12/h1-7,14H. The molecule has 1 aliphatic rings. The van der Waals surface area contributed by atoms with Crippen LogP contribution in [0, 0.1) is 0 Å². The van der Waals surface area contributed by atoms with Gasteiger partial charge in [-0.2, -0.15) is 0 Å². The van der Waals surface area contributed by atoms with Crippen LogP contribution in [0.5, 0.6) is 0 Å². The smallest absolute Gasteiger partial charge is 0.427 e. The van der Waals surface area contributed by atoms with E-state index >= 15 is 0 Å². The summed E-state index contributed by atoms with van der Waals surface area (Å²) < 4.78 is 4.76. The molecular formula is C11H8BNO2S. The van der Waals surface area contributed by atoms with Crippen LogP contribution in [0.4, 0.5) is 0 Å². The average molecular weight is 229 g/mol. The third-order valence-electron chi connectivity index (χ3n) is 2.51. The molecule has 2 heterocycles. The molecule has 0 bridgehead atoms. The molecule has 1 N–H and O–H groups in total. The van der Waals surface area contributed by atoms with Gasteiger partial charge in [0, 0.05) is 10.3 Å². The van der Waals surface area contributed by atoms with Crippen molar-refractivity contribution in [1.82, 2.24) is 0 Å². The van der Waals surface area contributed by atoms with Gasteiger partial charge in [-0.25, -0.2) is 0 Å². The molecule has 2 aromatic rings. The molecule has 1 aromatic carbocycles. The molecule has 0 unspecified atom stereocenters. The van der Waals surface area contributed by atoms with Crippen molar-refractivity contribution in [3.8, 4) is 10.4 Å². The molecule has 16 heavy (non-hydrogen) atoms. The fourth-order valence-electron chi connectivity index (χ4n) is 1.71. The van der Waals surface area contributed by atoms with Crippen LogP contribution < -0.4 is 5.46 Å². The molecule has 5 heteroatoms. The van der Waals surface area contributed by atoms with Crippen molar-refractivity contribution in [2.24, 2.45) is 5.16 Å². The van der Waals surface area contributed by atoms with Crippen molar-refractivity contribution in [2.45, 2.75) is 0 Å². The van der Waals surface area contributed by atoms with Crippen molar-refractivity contribution in [3.05, 3.63) is 41.3 Å². The lowest BCUT2D eigenvalue weighted by Gasteiger charge is -2.13. The van der Waals surface area contributed by atoms with Gasteiger partial charge in [0.1, 0.15) is 0 Å². The van der Waals surface area contributed by atoms with Gasteiger partial charge in [-0.15, -0.1) is 16.5 Å². The molecule has 0 aliphatic carbocycles. The average Bonchev–Trinajstić information content (AvgIpc) is 2.82. The Bertz CT molecular complexity index is 539. The molecule has 0 saturated heterocycles. The number of hydrogen-bond donors (Lipinski definition) is 1. The summed E-state index contributed by atoms with van der Waals surface area (Å²) in [6.07, 6.45) is 1.62. The van der Waals surface area contributed by atoms with Crippen molar-refractivity contribution < 1.29 is 9.78 Å². The highest BCUT2D eigenvalue weighted by Gasteiger charge is 2.24. The summed E-state index contributed by atoms with van der Waals surface area (Å²) in [4.78, 5) is 1.21. The molecule has 0 amide bonds. The van der Waals surface area contributed by atoms with Gasteiger partial charge < -0.3 is 9.78 Å². The van der Waals surface area contributed by atoms with Crippen LogP contribution in [0.1, 0.15) is 5.56 Å². The molecule has 3 rings (SSSR count). The fraction of sp³-hybridized carbons (Fsp3) is 0. The molecule has 78 valence electrons. The Hall–Kier alpha value is -1.59. The van der Waals surface area contributed by atoms with E-state index in [0.717, 1.165) is 16.6 Å². The zero-order valence-corrected chi connectivity index (χ0v) is 9.15. The fourth-order valence-corrected chi connectivity index (χ4v) is 2.43. The first kappa shape index (κ1) is 9.63. The molecule has 1 aromatic heterocycles. The summed E-state index contributed by atoms with van der Waals surface area (Å²) in [7, 11) is -0.947. The Morgan fingerprint density at radius 1 is 1.31 bits per heavy atom. The van der Waals surface area contributed by atoms with Gasteiger partial charge in [0.05, 0.1) is 6.21 Å². The van der Waals surface area contributed by atoms with Gasteiger partial charge in [-0.3, -0.25) is 0 Å². The van der Waals surface area contributed by atoms with E-state index in [4.69, 9.17) is 4.76 Å². The zero-order chi connectivity index (χ0) is 11.0. The van der Waals surface area contributed by atoms with Gasteiger partial charge in [0.2, 0.25) is 0 Å². The van der Waals surface area contributed by atoms with E-state index in [1.165, 1.54) is 4.88 Å². The van der Waals surface area contributed by atoms with E-state index in [-0.39, 0.29) is 0 Å². The van der Waals surface area contributed by atoms with Crippen molar-refractivity contribution in [2.75, 3.05) is 0 Å². The van der Waals surface area contributed by atoms with Crippen molar-refractivity contribution in [1.29, 1.82) is 0 Å². The minimum absolute atomic E-state index is 0.760. The Morgan fingerprint density at radius 2 is 2.25 bits per heavy atom. The molecule has 0 saturated carbocycles. The second kappa shape index (κ2) is 3.77. The quantitative estimate of drug-likeness (QED) is 0.752. The van der Waals surface area contributed by atoms with Gasteiger partial charge in [0.15, 0.2) is 0 Å². The summed E-state index contributed by atoms with van der Waals surface area (Å²) >= 11 is 1.69. The van der Waals surface area contributed by atoms with Crippen LogP contribution in [-0.2, 0) is 4.76 Å². The second-order valence-corrected chi connectivity index (χ2v) is 4.46. The van der Waals surface area contributed by atoms with Crippen LogP contribution >= 0.6 is 11.3 Å². The van der Waals surface area contributed by atoms with E-state index in [1.54, 1.807) is 17.6 Å². The van der Waals surface area contributed by atoms with E-state index in [1.807, 2.05) is 29.6 Å². The lowest BCUT2D eigenvalue weighted by atomic mass is 9.76. The number of thiophene rings is 1. The molecule has 0 spiro atoms. The summed E-state index contributed by atoms with van der Waals surface area (Å²) in [5.74, 6) is 0. The highest BCUT2D eigenvalue weighted by atomic mass is 32.1. The topological polar surface area (TPSA) is 41.8 Å². The second-order valence-electron chi connectivity index (χ2n) is 3.51. The number of rotatable bonds is 1. The molecular weight excluding hydrogens is 221 g/mol.